The molecule has 2 aliphatic carbocycles. The van der Waals surface area contributed by atoms with Gasteiger partial charge in [-0.05, 0) is 88.1 Å². The summed E-state index contributed by atoms with van der Waals surface area (Å²) in [6.45, 7) is 7.51. The van der Waals surface area contributed by atoms with E-state index in [2.05, 4.69) is 18.7 Å². The van der Waals surface area contributed by atoms with E-state index in [0.29, 0.717) is 0 Å². The summed E-state index contributed by atoms with van der Waals surface area (Å²) in [5.41, 5.74) is 0. The van der Waals surface area contributed by atoms with Crippen molar-refractivity contribution in [3.05, 3.63) is 0 Å². The number of nitrogens with zero attached hydrogens (tertiary/aromatic N) is 1. The smallest absolute Gasteiger partial charge is 0.00954 e. The third kappa shape index (κ3) is 5.98. The molecule has 0 bridgehead atoms. The van der Waals surface area contributed by atoms with E-state index in [4.69, 9.17) is 0 Å². The zero-order chi connectivity index (χ0) is 18.2. The van der Waals surface area contributed by atoms with Crippen LogP contribution in [-0.2, 0) is 0 Å². The lowest BCUT2D eigenvalue weighted by molar-refractivity contribution is 0.0718. The second-order valence-electron chi connectivity index (χ2n) is 10.1. The van der Waals surface area contributed by atoms with Gasteiger partial charge in [0, 0.05) is 6.04 Å². The molecule has 1 saturated heterocycles. The minimum Gasteiger partial charge on any atom is -0.300 e. The second-order valence-corrected chi connectivity index (χ2v) is 10.1. The van der Waals surface area contributed by atoms with Gasteiger partial charge in [0.05, 0.1) is 0 Å². The molecule has 2 saturated carbocycles. The molecule has 26 heavy (non-hydrogen) atoms. The Morgan fingerprint density at radius 1 is 0.577 bits per heavy atom. The van der Waals surface area contributed by atoms with Gasteiger partial charge in [-0.15, -0.1) is 0 Å². The van der Waals surface area contributed by atoms with Crippen LogP contribution in [0.1, 0.15) is 117 Å². The Labute approximate surface area is 164 Å². The molecule has 3 fully saturated rings. The molecule has 0 aromatic rings. The Bertz CT molecular complexity index is 354. The van der Waals surface area contributed by atoms with Gasteiger partial charge in [0.2, 0.25) is 0 Å². The fraction of sp³-hybridized carbons (Fsp3) is 1.00. The van der Waals surface area contributed by atoms with E-state index >= 15 is 0 Å². The molecule has 1 heterocycles. The quantitative estimate of drug-likeness (QED) is 0.406. The van der Waals surface area contributed by atoms with Crippen molar-refractivity contribution in [2.45, 2.75) is 123 Å². The van der Waals surface area contributed by atoms with Crippen LogP contribution in [0.3, 0.4) is 0 Å². The van der Waals surface area contributed by atoms with Gasteiger partial charge in [0.15, 0.2) is 0 Å². The summed E-state index contributed by atoms with van der Waals surface area (Å²) in [5, 5.41) is 0. The van der Waals surface area contributed by atoms with Crippen LogP contribution in [0.4, 0.5) is 0 Å². The van der Waals surface area contributed by atoms with Crippen LogP contribution >= 0.6 is 0 Å². The average Bonchev–Trinajstić information content (AvgIpc) is 2.70. The third-order valence-electron chi connectivity index (χ3n) is 8.38. The zero-order valence-electron chi connectivity index (χ0n) is 18.1. The van der Waals surface area contributed by atoms with E-state index in [9.17, 15) is 0 Å². The zero-order valence-corrected chi connectivity index (χ0v) is 18.1. The van der Waals surface area contributed by atoms with Crippen molar-refractivity contribution >= 4 is 0 Å². The number of hydrogen-bond acceptors (Lipinski definition) is 1. The predicted molar refractivity (Wildman–Crippen MR) is 115 cm³/mol. The summed E-state index contributed by atoms with van der Waals surface area (Å²) in [7, 11) is 0. The Balaban J connectivity index is 1.32. The van der Waals surface area contributed by atoms with Gasteiger partial charge >= 0.3 is 0 Å². The topological polar surface area (TPSA) is 3.24 Å². The van der Waals surface area contributed by atoms with Crippen molar-refractivity contribution in [2.24, 2.45) is 23.7 Å². The summed E-state index contributed by atoms with van der Waals surface area (Å²) in [5.74, 6) is 4.30. The number of rotatable bonds is 8. The molecule has 0 aromatic carbocycles. The minimum atomic E-state index is 0.944. The van der Waals surface area contributed by atoms with Crippen LogP contribution in [0.2, 0.25) is 0 Å². The third-order valence-corrected chi connectivity index (χ3v) is 8.38. The van der Waals surface area contributed by atoms with Gasteiger partial charge in [-0.3, -0.25) is 0 Å². The molecule has 3 rings (SSSR count). The van der Waals surface area contributed by atoms with Crippen LogP contribution < -0.4 is 0 Å². The van der Waals surface area contributed by atoms with Crippen molar-refractivity contribution in [3.63, 3.8) is 0 Å². The molecular formula is C25H47N. The van der Waals surface area contributed by atoms with Gasteiger partial charge in [-0.25, -0.2) is 0 Å². The summed E-state index contributed by atoms with van der Waals surface area (Å²) in [6.07, 6.45) is 24.0. The molecule has 0 spiro atoms. The lowest BCUT2D eigenvalue weighted by atomic mass is 9.69. The van der Waals surface area contributed by atoms with E-state index in [1.165, 1.54) is 77.3 Å². The first-order chi connectivity index (χ1) is 12.8. The summed E-state index contributed by atoms with van der Waals surface area (Å²) < 4.78 is 0. The standard InChI is InChI=1S/C25H47N/c1-3-5-6-8-22-17-19-26(20-18-22)25-15-13-24(14-16-25)23-11-9-21(7-4-2)10-12-23/h21-25H,3-20H2,1-2H3. The van der Waals surface area contributed by atoms with E-state index in [1.807, 2.05) is 0 Å². The first kappa shape index (κ1) is 20.7. The summed E-state index contributed by atoms with van der Waals surface area (Å²) in [4.78, 5) is 2.89. The highest BCUT2D eigenvalue weighted by Gasteiger charge is 2.33. The fourth-order valence-electron chi connectivity index (χ4n) is 6.58. The number of piperidine rings is 1. The Morgan fingerprint density at radius 3 is 1.73 bits per heavy atom. The van der Waals surface area contributed by atoms with Gasteiger partial charge in [-0.2, -0.15) is 0 Å². The molecule has 3 aliphatic rings. The SMILES string of the molecule is CCCCCC1CCN(C2CCC(C3CCC(CCC)CC3)CC2)CC1. The molecule has 0 atom stereocenters. The number of likely N-dealkylation sites (tertiary alicyclic amines) is 1. The van der Waals surface area contributed by atoms with Crippen LogP contribution in [0.5, 0.6) is 0 Å². The molecule has 1 heteroatoms. The summed E-state index contributed by atoms with van der Waals surface area (Å²) in [6, 6.07) is 0.944. The normalized spacial score (nSPS) is 34.8. The van der Waals surface area contributed by atoms with Crippen molar-refractivity contribution in [1.82, 2.24) is 4.90 Å². The van der Waals surface area contributed by atoms with Crippen molar-refractivity contribution < 1.29 is 0 Å². The first-order valence-corrected chi connectivity index (χ1v) is 12.5. The van der Waals surface area contributed by atoms with E-state index in [-0.39, 0.29) is 0 Å². The predicted octanol–water partition coefficient (Wildman–Crippen LogP) is 7.44. The van der Waals surface area contributed by atoms with Crippen molar-refractivity contribution in [1.29, 1.82) is 0 Å². The first-order valence-electron chi connectivity index (χ1n) is 12.5. The molecular weight excluding hydrogens is 314 g/mol. The van der Waals surface area contributed by atoms with Crippen LogP contribution in [0.25, 0.3) is 0 Å². The maximum Gasteiger partial charge on any atom is 0.00954 e. The van der Waals surface area contributed by atoms with Crippen LogP contribution in [-0.4, -0.2) is 24.0 Å². The van der Waals surface area contributed by atoms with E-state index in [1.54, 1.807) is 38.5 Å². The molecule has 0 N–H and O–H groups in total. The van der Waals surface area contributed by atoms with Gasteiger partial charge in [-0.1, -0.05) is 65.2 Å². The maximum atomic E-state index is 2.89. The maximum absolute atomic E-state index is 2.89. The fourth-order valence-corrected chi connectivity index (χ4v) is 6.58. The van der Waals surface area contributed by atoms with Gasteiger partial charge < -0.3 is 4.90 Å². The molecule has 1 nitrogen and oxygen atoms in total. The largest absolute Gasteiger partial charge is 0.300 e. The molecule has 152 valence electrons. The highest BCUT2D eigenvalue weighted by atomic mass is 15.2. The molecule has 0 radical (unpaired) electrons. The van der Waals surface area contributed by atoms with E-state index in [0.717, 1.165) is 29.7 Å². The van der Waals surface area contributed by atoms with Crippen molar-refractivity contribution in [2.75, 3.05) is 13.1 Å². The Morgan fingerprint density at radius 2 is 1.15 bits per heavy atom. The monoisotopic (exact) mass is 361 g/mol. The average molecular weight is 362 g/mol. The Hall–Kier alpha value is -0.0400. The lowest BCUT2D eigenvalue weighted by Crippen LogP contribution is -2.43. The number of hydrogen-bond donors (Lipinski definition) is 0. The van der Waals surface area contributed by atoms with Crippen LogP contribution in [0.15, 0.2) is 0 Å². The molecule has 0 aromatic heterocycles. The van der Waals surface area contributed by atoms with Crippen molar-refractivity contribution in [3.8, 4) is 0 Å². The highest BCUT2D eigenvalue weighted by Crippen LogP contribution is 2.42. The minimum absolute atomic E-state index is 0.944. The highest BCUT2D eigenvalue weighted by molar-refractivity contribution is 4.86. The molecule has 0 amide bonds. The van der Waals surface area contributed by atoms with Crippen LogP contribution in [0, 0.1) is 23.7 Å². The number of unbranched alkanes of at least 4 members (excludes halogenated alkanes) is 2. The summed E-state index contributed by atoms with van der Waals surface area (Å²) >= 11 is 0. The van der Waals surface area contributed by atoms with Gasteiger partial charge in [0.25, 0.3) is 0 Å². The van der Waals surface area contributed by atoms with E-state index < -0.39 is 0 Å². The molecule has 1 aliphatic heterocycles. The second kappa shape index (κ2) is 11.1. The lowest BCUT2D eigenvalue weighted by Gasteiger charge is -2.43. The van der Waals surface area contributed by atoms with Gasteiger partial charge in [0.1, 0.15) is 0 Å². The Kier molecular flexibility index (Phi) is 8.82. The molecule has 0 unspecified atom stereocenters.